The number of aryl methyl sites for hydroxylation is 1. The third-order valence-corrected chi connectivity index (χ3v) is 6.36. The van der Waals surface area contributed by atoms with Crippen LogP contribution in [0.3, 0.4) is 0 Å². The van der Waals surface area contributed by atoms with Crippen LogP contribution < -0.4 is 11.3 Å². The molecule has 5 nitrogen and oxygen atoms in total. The van der Waals surface area contributed by atoms with Crippen LogP contribution in [0.5, 0.6) is 0 Å². The Hall–Kier alpha value is -3.25. The van der Waals surface area contributed by atoms with Crippen molar-refractivity contribution >= 4 is 27.5 Å². The minimum absolute atomic E-state index is 0.0845. The first-order chi connectivity index (χ1) is 14.6. The minimum Gasteiger partial charge on any atom is -0.370 e. The number of nitrogens with two attached hydrogens (primary N) is 1. The van der Waals surface area contributed by atoms with E-state index in [0.29, 0.717) is 11.2 Å². The predicted molar refractivity (Wildman–Crippen MR) is 121 cm³/mol. The number of benzene rings is 2. The van der Waals surface area contributed by atoms with Crippen LogP contribution in [0, 0.1) is 0 Å². The maximum absolute atomic E-state index is 13.4. The van der Waals surface area contributed by atoms with Crippen molar-refractivity contribution in [2.24, 2.45) is 5.73 Å². The average Bonchev–Trinajstić information content (AvgIpc) is 3.19. The first-order valence-corrected chi connectivity index (χ1v) is 10.8. The summed E-state index contributed by atoms with van der Waals surface area (Å²) in [6.07, 6.45) is 0.930. The number of rotatable bonds is 7. The fourth-order valence-corrected chi connectivity index (χ4v) is 4.66. The highest BCUT2D eigenvalue weighted by molar-refractivity contribution is 7.18. The Morgan fingerprint density at radius 3 is 2.20 bits per heavy atom. The molecule has 2 heterocycles. The van der Waals surface area contributed by atoms with E-state index in [-0.39, 0.29) is 24.4 Å². The van der Waals surface area contributed by atoms with Crippen molar-refractivity contribution in [3.63, 3.8) is 0 Å². The third-order valence-electron chi connectivity index (χ3n) is 5.19. The van der Waals surface area contributed by atoms with Gasteiger partial charge in [-0.05, 0) is 23.6 Å². The fraction of sp³-hybridized carbons (Fsp3) is 0.208. The van der Waals surface area contributed by atoms with Crippen LogP contribution in [0.4, 0.5) is 0 Å². The quantitative estimate of drug-likeness (QED) is 0.492. The smallest absolute Gasteiger partial charge is 0.262 e. The standard InChI is InChI=1S/C24H23N3O2S/c1-2-18-15-19-23(30-18)26-22(27(24(19)29)14-13-20(25)28)21(16-9-5-3-6-10-16)17-11-7-4-8-12-17/h3-12,15,21H,2,13-14H2,1H3,(H2,25,28). The normalized spacial score (nSPS) is 11.3. The van der Waals surface area contributed by atoms with Gasteiger partial charge in [0.2, 0.25) is 5.91 Å². The largest absolute Gasteiger partial charge is 0.370 e. The number of nitrogens with zero attached hydrogens (tertiary/aromatic N) is 2. The van der Waals surface area contributed by atoms with Gasteiger partial charge in [0.25, 0.3) is 5.56 Å². The number of hydrogen-bond donors (Lipinski definition) is 1. The van der Waals surface area contributed by atoms with E-state index in [1.165, 1.54) is 0 Å². The van der Waals surface area contributed by atoms with Gasteiger partial charge in [0.15, 0.2) is 0 Å². The van der Waals surface area contributed by atoms with E-state index < -0.39 is 5.91 Å². The lowest BCUT2D eigenvalue weighted by molar-refractivity contribution is -0.118. The summed E-state index contributed by atoms with van der Waals surface area (Å²) in [6.45, 7) is 2.27. The summed E-state index contributed by atoms with van der Waals surface area (Å²) in [6, 6.07) is 21.9. The molecule has 6 heteroatoms. The van der Waals surface area contributed by atoms with Crippen molar-refractivity contribution in [2.75, 3.05) is 0 Å². The van der Waals surface area contributed by atoms with Gasteiger partial charge in [0.1, 0.15) is 10.7 Å². The topological polar surface area (TPSA) is 78.0 Å². The number of carbonyl (C=O) groups excluding carboxylic acids is 1. The molecule has 4 rings (SSSR count). The molecule has 0 saturated heterocycles. The van der Waals surface area contributed by atoms with Gasteiger partial charge in [-0.15, -0.1) is 11.3 Å². The van der Waals surface area contributed by atoms with Crippen LogP contribution >= 0.6 is 11.3 Å². The molecular formula is C24H23N3O2S. The van der Waals surface area contributed by atoms with Gasteiger partial charge < -0.3 is 5.73 Å². The minimum atomic E-state index is -0.441. The molecule has 0 aliphatic rings. The number of aromatic nitrogens is 2. The van der Waals surface area contributed by atoms with Crippen LogP contribution in [-0.2, 0) is 17.8 Å². The SMILES string of the molecule is CCc1cc2c(=O)n(CCC(N)=O)c(C(c3ccccc3)c3ccccc3)nc2s1. The third kappa shape index (κ3) is 3.91. The second kappa shape index (κ2) is 8.63. The number of carbonyl (C=O) groups is 1. The van der Waals surface area contributed by atoms with Gasteiger partial charge in [0.05, 0.1) is 11.3 Å². The van der Waals surface area contributed by atoms with Crippen LogP contribution in [0.1, 0.15) is 41.1 Å². The van der Waals surface area contributed by atoms with Crippen LogP contribution in [-0.4, -0.2) is 15.5 Å². The van der Waals surface area contributed by atoms with Crippen molar-refractivity contribution in [3.8, 4) is 0 Å². The summed E-state index contributed by atoms with van der Waals surface area (Å²) >= 11 is 1.55. The zero-order chi connectivity index (χ0) is 21.1. The molecule has 0 fully saturated rings. The van der Waals surface area contributed by atoms with Gasteiger partial charge in [0, 0.05) is 17.8 Å². The Bertz CT molecular complexity index is 1190. The summed E-state index contributed by atoms with van der Waals surface area (Å²) in [7, 11) is 0. The molecule has 30 heavy (non-hydrogen) atoms. The second-order valence-corrected chi connectivity index (χ2v) is 8.30. The van der Waals surface area contributed by atoms with Crippen LogP contribution in [0.2, 0.25) is 0 Å². The van der Waals surface area contributed by atoms with E-state index in [2.05, 4.69) is 6.92 Å². The molecule has 0 atom stereocenters. The molecular weight excluding hydrogens is 394 g/mol. The first kappa shape index (κ1) is 20.0. The van der Waals surface area contributed by atoms with E-state index >= 15 is 0 Å². The van der Waals surface area contributed by atoms with Gasteiger partial charge in [-0.25, -0.2) is 4.98 Å². The highest BCUT2D eigenvalue weighted by Crippen LogP contribution is 2.32. The molecule has 4 aromatic rings. The Labute approximate surface area is 178 Å². The van der Waals surface area contributed by atoms with Crippen LogP contribution in [0.25, 0.3) is 10.2 Å². The number of hydrogen-bond acceptors (Lipinski definition) is 4. The molecule has 1 amide bonds. The van der Waals surface area contributed by atoms with E-state index in [4.69, 9.17) is 10.7 Å². The molecule has 0 unspecified atom stereocenters. The average molecular weight is 418 g/mol. The van der Waals surface area contributed by atoms with Crippen molar-refractivity contribution in [1.29, 1.82) is 0 Å². The number of fused-ring (bicyclic) bond motifs is 1. The summed E-state index contributed by atoms with van der Waals surface area (Å²) in [5.74, 6) is -0.0382. The molecule has 0 radical (unpaired) electrons. The second-order valence-electron chi connectivity index (χ2n) is 7.18. The van der Waals surface area contributed by atoms with Gasteiger partial charge in [-0.2, -0.15) is 0 Å². The van der Waals surface area contributed by atoms with E-state index in [0.717, 1.165) is 27.3 Å². The maximum Gasteiger partial charge on any atom is 0.262 e. The molecule has 2 N–H and O–H groups in total. The summed E-state index contributed by atoms with van der Waals surface area (Å²) < 4.78 is 1.63. The van der Waals surface area contributed by atoms with Gasteiger partial charge in [-0.3, -0.25) is 14.2 Å². The molecule has 0 saturated carbocycles. The van der Waals surface area contributed by atoms with Crippen molar-refractivity contribution in [2.45, 2.75) is 32.2 Å². The Balaban J connectivity index is 2.00. The monoisotopic (exact) mass is 417 g/mol. The molecule has 0 aliphatic heterocycles. The highest BCUT2D eigenvalue weighted by atomic mass is 32.1. The number of thiophene rings is 1. The van der Waals surface area contributed by atoms with E-state index in [1.807, 2.05) is 66.7 Å². The Morgan fingerprint density at radius 2 is 1.67 bits per heavy atom. The zero-order valence-electron chi connectivity index (χ0n) is 16.7. The lowest BCUT2D eigenvalue weighted by atomic mass is 9.90. The van der Waals surface area contributed by atoms with Crippen molar-refractivity contribution < 1.29 is 4.79 Å². The zero-order valence-corrected chi connectivity index (χ0v) is 17.6. The molecule has 0 spiro atoms. The van der Waals surface area contributed by atoms with Crippen LogP contribution in [0.15, 0.2) is 71.5 Å². The van der Waals surface area contributed by atoms with E-state index in [1.54, 1.807) is 15.9 Å². The summed E-state index contributed by atoms with van der Waals surface area (Å²) in [5.41, 5.74) is 7.36. The molecule has 2 aromatic heterocycles. The van der Waals surface area contributed by atoms with Gasteiger partial charge >= 0.3 is 0 Å². The molecule has 0 aliphatic carbocycles. The number of amides is 1. The lowest BCUT2D eigenvalue weighted by Gasteiger charge is -2.22. The molecule has 0 bridgehead atoms. The molecule has 152 valence electrons. The summed E-state index contributed by atoms with van der Waals surface area (Å²) in [5, 5.41) is 0.602. The summed E-state index contributed by atoms with van der Waals surface area (Å²) in [4.78, 5) is 31.8. The van der Waals surface area contributed by atoms with Crippen molar-refractivity contribution in [1.82, 2.24) is 9.55 Å². The Morgan fingerprint density at radius 1 is 1.07 bits per heavy atom. The fourth-order valence-electron chi connectivity index (χ4n) is 3.70. The maximum atomic E-state index is 13.4. The predicted octanol–water partition coefficient (Wildman–Crippen LogP) is 4.08. The highest BCUT2D eigenvalue weighted by Gasteiger charge is 2.24. The number of primary amides is 1. The van der Waals surface area contributed by atoms with Gasteiger partial charge in [-0.1, -0.05) is 67.6 Å². The van der Waals surface area contributed by atoms with Crippen molar-refractivity contribution in [3.05, 3.63) is 98.9 Å². The first-order valence-electron chi connectivity index (χ1n) is 9.99. The lowest BCUT2D eigenvalue weighted by Crippen LogP contribution is -2.29. The molecule has 2 aromatic carbocycles. The Kier molecular flexibility index (Phi) is 5.77. The van der Waals surface area contributed by atoms with E-state index in [9.17, 15) is 9.59 Å².